The third-order valence-corrected chi connectivity index (χ3v) is 3.64. The van der Waals surface area contributed by atoms with Crippen LogP contribution in [0.25, 0.3) is 0 Å². The van der Waals surface area contributed by atoms with Crippen LogP contribution >= 0.6 is 0 Å². The first kappa shape index (κ1) is 16.4. The van der Waals surface area contributed by atoms with E-state index < -0.39 is 0 Å². The second-order valence-corrected chi connectivity index (χ2v) is 6.51. The molecule has 0 spiro atoms. The van der Waals surface area contributed by atoms with E-state index in [4.69, 9.17) is 5.73 Å². The Morgan fingerprint density at radius 3 is 2.21 bits per heavy atom. The van der Waals surface area contributed by atoms with Crippen molar-refractivity contribution in [2.45, 2.75) is 71.5 Å². The largest absolute Gasteiger partial charge is 0.368 e. The van der Waals surface area contributed by atoms with Crippen LogP contribution in [0, 0.1) is 5.92 Å². The summed E-state index contributed by atoms with van der Waals surface area (Å²) in [6, 6.07) is 0.856. The number of carbonyl (C=O) groups excluding carboxylic acids is 1. The van der Waals surface area contributed by atoms with Gasteiger partial charge in [0.05, 0.1) is 6.04 Å². The number of rotatable bonds is 10. The van der Waals surface area contributed by atoms with Crippen molar-refractivity contribution in [1.29, 1.82) is 0 Å². The molecule has 112 valence electrons. The van der Waals surface area contributed by atoms with E-state index in [1.807, 2.05) is 13.8 Å². The molecule has 0 aromatic rings. The number of hydrogen-bond donors (Lipinski definition) is 2. The molecule has 1 aliphatic rings. The van der Waals surface area contributed by atoms with Crippen LogP contribution in [0.1, 0.15) is 53.4 Å². The van der Waals surface area contributed by atoms with E-state index in [-0.39, 0.29) is 11.9 Å². The molecule has 1 unspecified atom stereocenters. The average Bonchev–Trinajstić information content (AvgIpc) is 3.10. The molecule has 1 amide bonds. The highest BCUT2D eigenvalue weighted by Gasteiger charge is 2.29. The van der Waals surface area contributed by atoms with Crippen LogP contribution in [0.4, 0.5) is 0 Å². The van der Waals surface area contributed by atoms with Gasteiger partial charge in [0.2, 0.25) is 5.91 Å². The van der Waals surface area contributed by atoms with Gasteiger partial charge in [-0.05, 0) is 38.1 Å². The van der Waals surface area contributed by atoms with Gasteiger partial charge in [-0.3, -0.25) is 4.79 Å². The number of carbonyl (C=O) groups is 1. The van der Waals surface area contributed by atoms with E-state index in [9.17, 15) is 4.79 Å². The summed E-state index contributed by atoms with van der Waals surface area (Å²) in [5, 5.41) is 3.26. The molecule has 0 radical (unpaired) electrons. The van der Waals surface area contributed by atoms with Gasteiger partial charge in [-0.1, -0.05) is 27.7 Å². The summed E-state index contributed by atoms with van der Waals surface area (Å²) in [4.78, 5) is 14.0. The molecule has 0 aromatic carbocycles. The van der Waals surface area contributed by atoms with Crippen LogP contribution < -0.4 is 11.1 Å². The third kappa shape index (κ3) is 6.92. The Labute approximate surface area is 118 Å². The summed E-state index contributed by atoms with van der Waals surface area (Å²) >= 11 is 0. The van der Waals surface area contributed by atoms with Crippen molar-refractivity contribution in [1.82, 2.24) is 10.2 Å². The number of nitrogens with one attached hydrogen (secondary N) is 1. The quantitative estimate of drug-likeness (QED) is 0.635. The molecule has 0 saturated heterocycles. The molecular weight excluding hydrogens is 238 g/mol. The average molecular weight is 269 g/mol. The maximum absolute atomic E-state index is 11.4. The minimum atomic E-state index is -0.228. The van der Waals surface area contributed by atoms with Crippen LogP contribution in [-0.2, 0) is 4.79 Å². The van der Waals surface area contributed by atoms with Gasteiger partial charge < -0.3 is 16.0 Å². The van der Waals surface area contributed by atoms with Crippen molar-refractivity contribution >= 4 is 5.91 Å². The fraction of sp³-hybridized carbons (Fsp3) is 0.933. The molecule has 4 heteroatoms. The van der Waals surface area contributed by atoms with Gasteiger partial charge in [0.15, 0.2) is 0 Å². The molecule has 0 aliphatic heterocycles. The lowest BCUT2D eigenvalue weighted by molar-refractivity contribution is -0.120. The highest BCUT2D eigenvalue weighted by Crippen LogP contribution is 2.27. The lowest BCUT2D eigenvalue weighted by Gasteiger charge is -2.26. The van der Waals surface area contributed by atoms with Crippen LogP contribution in [0.2, 0.25) is 0 Å². The minimum absolute atomic E-state index is 0.194. The number of hydrogen-bond acceptors (Lipinski definition) is 3. The molecule has 1 saturated carbocycles. The second-order valence-electron chi connectivity index (χ2n) is 6.51. The fourth-order valence-electron chi connectivity index (χ4n) is 2.35. The predicted molar refractivity (Wildman–Crippen MR) is 79.9 cm³/mol. The summed E-state index contributed by atoms with van der Waals surface area (Å²) in [5.74, 6) is 0.510. The lowest BCUT2D eigenvalue weighted by atomic mass is 10.1. The monoisotopic (exact) mass is 269 g/mol. The zero-order valence-corrected chi connectivity index (χ0v) is 13.0. The van der Waals surface area contributed by atoms with E-state index in [1.165, 1.54) is 19.3 Å². The maximum Gasteiger partial charge on any atom is 0.234 e. The summed E-state index contributed by atoms with van der Waals surface area (Å²) in [5.41, 5.74) is 5.47. The summed E-state index contributed by atoms with van der Waals surface area (Å²) in [7, 11) is 0. The lowest BCUT2D eigenvalue weighted by Crippen LogP contribution is -2.46. The van der Waals surface area contributed by atoms with Gasteiger partial charge in [0.1, 0.15) is 0 Å². The fourth-order valence-corrected chi connectivity index (χ4v) is 2.35. The van der Waals surface area contributed by atoms with Crippen LogP contribution in [0.3, 0.4) is 0 Å². The molecule has 0 aromatic heterocycles. The van der Waals surface area contributed by atoms with E-state index in [1.54, 1.807) is 0 Å². The Balaban J connectivity index is 2.38. The SMILES string of the molecule is CC(C)CCN(CCC(NC(C)C)C(N)=O)C1CC1. The van der Waals surface area contributed by atoms with Gasteiger partial charge in [0, 0.05) is 18.6 Å². The molecule has 0 heterocycles. The van der Waals surface area contributed by atoms with Gasteiger partial charge in [-0.25, -0.2) is 0 Å². The smallest absolute Gasteiger partial charge is 0.234 e. The van der Waals surface area contributed by atoms with Crippen LogP contribution in [0.5, 0.6) is 0 Å². The summed E-state index contributed by atoms with van der Waals surface area (Å²) in [6.45, 7) is 10.7. The molecule has 1 rings (SSSR count). The van der Waals surface area contributed by atoms with Gasteiger partial charge in [-0.15, -0.1) is 0 Å². The number of nitrogens with two attached hydrogens (primary N) is 1. The van der Waals surface area contributed by atoms with E-state index in [0.717, 1.165) is 31.5 Å². The molecular formula is C15H31N3O. The van der Waals surface area contributed by atoms with Gasteiger partial charge >= 0.3 is 0 Å². The van der Waals surface area contributed by atoms with Crippen LogP contribution in [-0.4, -0.2) is 42.0 Å². The van der Waals surface area contributed by atoms with Crippen molar-refractivity contribution in [3.63, 3.8) is 0 Å². The van der Waals surface area contributed by atoms with E-state index in [0.29, 0.717) is 6.04 Å². The first-order valence-corrected chi connectivity index (χ1v) is 7.69. The minimum Gasteiger partial charge on any atom is -0.368 e. The van der Waals surface area contributed by atoms with Crippen molar-refractivity contribution in [3.8, 4) is 0 Å². The van der Waals surface area contributed by atoms with Crippen molar-refractivity contribution < 1.29 is 4.79 Å². The Hall–Kier alpha value is -0.610. The Kier molecular flexibility index (Phi) is 6.80. The predicted octanol–water partition coefficient (Wildman–Crippen LogP) is 1.74. The van der Waals surface area contributed by atoms with E-state index >= 15 is 0 Å². The molecule has 1 aliphatic carbocycles. The molecule has 19 heavy (non-hydrogen) atoms. The molecule has 1 atom stereocenters. The second kappa shape index (κ2) is 7.85. The first-order chi connectivity index (χ1) is 8.90. The number of nitrogens with zero attached hydrogens (tertiary/aromatic N) is 1. The first-order valence-electron chi connectivity index (χ1n) is 7.69. The molecule has 0 bridgehead atoms. The Bertz CT molecular complexity index is 275. The topological polar surface area (TPSA) is 58.4 Å². The zero-order valence-electron chi connectivity index (χ0n) is 13.0. The maximum atomic E-state index is 11.4. The van der Waals surface area contributed by atoms with Crippen LogP contribution in [0.15, 0.2) is 0 Å². The molecule has 3 N–H and O–H groups in total. The highest BCUT2D eigenvalue weighted by atomic mass is 16.1. The number of primary amides is 1. The van der Waals surface area contributed by atoms with E-state index in [2.05, 4.69) is 24.1 Å². The third-order valence-electron chi connectivity index (χ3n) is 3.64. The normalized spacial score (nSPS) is 17.4. The highest BCUT2D eigenvalue weighted by molar-refractivity contribution is 5.79. The van der Waals surface area contributed by atoms with Crippen molar-refractivity contribution in [3.05, 3.63) is 0 Å². The summed E-state index contributed by atoms with van der Waals surface area (Å²) < 4.78 is 0. The zero-order chi connectivity index (χ0) is 14.4. The van der Waals surface area contributed by atoms with Crippen molar-refractivity contribution in [2.75, 3.05) is 13.1 Å². The van der Waals surface area contributed by atoms with Crippen molar-refractivity contribution in [2.24, 2.45) is 11.7 Å². The Morgan fingerprint density at radius 1 is 1.21 bits per heavy atom. The molecule has 4 nitrogen and oxygen atoms in total. The summed E-state index contributed by atoms with van der Waals surface area (Å²) in [6.07, 6.45) is 4.69. The standard InChI is InChI=1S/C15H31N3O/c1-11(2)7-9-18(13-5-6-13)10-8-14(15(16)19)17-12(3)4/h11-14,17H,5-10H2,1-4H3,(H2,16,19). The molecule has 1 fully saturated rings. The van der Waals surface area contributed by atoms with Gasteiger partial charge in [-0.2, -0.15) is 0 Å². The number of amides is 1. The van der Waals surface area contributed by atoms with Gasteiger partial charge in [0.25, 0.3) is 0 Å². The Morgan fingerprint density at radius 2 is 1.79 bits per heavy atom.